The molecule has 51 heavy (non-hydrogen) atoms. The summed E-state index contributed by atoms with van der Waals surface area (Å²) in [4.78, 5) is 15.4. The van der Waals surface area contributed by atoms with Crippen LogP contribution in [0.1, 0.15) is 0 Å². The van der Waals surface area contributed by atoms with Crippen molar-refractivity contribution >= 4 is 75.3 Å². The fourth-order valence-corrected chi connectivity index (χ4v) is 8.67. The van der Waals surface area contributed by atoms with Gasteiger partial charge in [-0.05, 0) is 60.7 Å². The van der Waals surface area contributed by atoms with Crippen molar-refractivity contribution in [3.05, 3.63) is 158 Å². The number of nitrogens with zero attached hydrogens (tertiary/aromatic N) is 4. The molecule has 6 heteroatoms. The Kier molecular flexibility index (Phi) is 6.05. The Morgan fingerprint density at radius 2 is 1.12 bits per heavy atom. The van der Waals surface area contributed by atoms with Gasteiger partial charge < -0.3 is 8.98 Å². The first-order valence-corrected chi connectivity index (χ1v) is 17.8. The van der Waals surface area contributed by atoms with Crippen LogP contribution >= 0.6 is 11.3 Å². The Morgan fingerprint density at radius 3 is 1.98 bits per heavy atom. The van der Waals surface area contributed by atoms with Crippen LogP contribution in [0.2, 0.25) is 0 Å². The molecule has 11 aromatic rings. The fourth-order valence-electron chi connectivity index (χ4n) is 7.54. The van der Waals surface area contributed by atoms with Gasteiger partial charge in [0.25, 0.3) is 0 Å². The lowest BCUT2D eigenvalue weighted by molar-refractivity contribution is 0.669. The Bertz CT molecular complexity index is 3140. The molecule has 4 aromatic heterocycles. The number of hydrogen-bond donors (Lipinski definition) is 0. The van der Waals surface area contributed by atoms with Crippen molar-refractivity contribution in [1.82, 2.24) is 19.5 Å². The fraction of sp³-hybridized carbons (Fsp3) is 0. The van der Waals surface area contributed by atoms with Crippen LogP contribution in [0.25, 0.3) is 104 Å². The third-order valence-corrected chi connectivity index (χ3v) is 11.0. The molecule has 7 aromatic carbocycles. The highest BCUT2D eigenvalue weighted by atomic mass is 32.1. The molecule has 0 bridgehead atoms. The van der Waals surface area contributed by atoms with E-state index in [9.17, 15) is 0 Å². The van der Waals surface area contributed by atoms with Crippen LogP contribution in [0.3, 0.4) is 0 Å². The van der Waals surface area contributed by atoms with Gasteiger partial charge in [0.2, 0.25) is 0 Å². The number of para-hydroxylation sites is 2. The maximum absolute atomic E-state index is 6.52. The van der Waals surface area contributed by atoms with Crippen molar-refractivity contribution in [3.63, 3.8) is 0 Å². The van der Waals surface area contributed by atoms with Crippen molar-refractivity contribution in [1.29, 1.82) is 0 Å². The zero-order valence-electron chi connectivity index (χ0n) is 27.1. The van der Waals surface area contributed by atoms with E-state index in [-0.39, 0.29) is 0 Å². The van der Waals surface area contributed by atoms with Crippen LogP contribution in [0.5, 0.6) is 0 Å². The minimum absolute atomic E-state index is 0.617. The van der Waals surface area contributed by atoms with E-state index in [0.717, 1.165) is 60.7 Å². The molecule has 5 nitrogen and oxygen atoms in total. The SMILES string of the molecule is c1ccc(-c2nc(-c3ccc4oc5cc6c7ccccc7n(-c7ccccc7)c6cc5c4c3)nc(-c3cccc4sc5ccccc5c34)n2)cc1. The minimum atomic E-state index is 0.617. The van der Waals surface area contributed by atoms with E-state index in [2.05, 4.69) is 126 Å². The van der Waals surface area contributed by atoms with E-state index in [1.807, 2.05) is 36.4 Å². The molecule has 4 heterocycles. The van der Waals surface area contributed by atoms with Crippen LogP contribution in [0.4, 0.5) is 0 Å². The van der Waals surface area contributed by atoms with Gasteiger partial charge >= 0.3 is 0 Å². The van der Waals surface area contributed by atoms with Crippen LogP contribution < -0.4 is 0 Å². The highest BCUT2D eigenvalue weighted by Gasteiger charge is 2.19. The largest absolute Gasteiger partial charge is 0.456 e. The van der Waals surface area contributed by atoms with Crippen molar-refractivity contribution in [2.45, 2.75) is 0 Å². The molecule has 0 saturated carbocycles. The average molecular weight is 671 g/mol. The zero-order chi connectivity index (χ0) is 33.5. The predicted octanol–water partition coefficient (Wildman–Crippen LogP) is 12.2. The van der Waals surface area contributed by atoms with Gasteiger partial charge in [-0.2, -0.15) is 0 Å². The molecule has 0 aliphatic carbocycles. The topological polar surface area (TPSA) is 56.7 Å². The molecule has 0 amide bonds. The summed E-state index contributed by atoms with van der Waals surface area (Å²) in [6.07, 6.45) is 0. The number of hydrogen-bond acceptors (Lipinski definition) is 5. The van der Waals surface area contributed by atoms with E-state index in [0.29, 0.717) is 17.5 Å². The molecule has 11 rings (SSSR count). The van der Waals surface area contributed by atoms with E-state index >= 15 is 0 Å². The van der Waals surface area contributed by atoms with Gasteiger partial charge in [0.1, 0.15) is 11.2 Å². The van der Waals surface area contributed by atoms with E-state index in [1.165, 1.54) is 25.6 Å². The maximum Gasteiger partial charge on any atom is 0.164 e. The molecule has 0 spiro atoms. The molecular weight excluding hydrogens is 645 g/mol. The average Bonchev–Trinajstić information content (AvgIpc) is 3.86. The molecule has 0 aliphatic rings. The Morgan fingerprint density at radius 1 is 0.431 bits per heavy atom. The second-order valence-corrected chi connectivity index (χ2v) is 13.9. The molecule has 0 fully saturated rings. The second kappa shape index (κ2) is 10.9. The Hall–Kier alpha value is -6.63. The first-order valence-electron chi connectivity index (χ1n) is 16.9. The molecule has 0 radical (unpaired) electrons. The predicted molar refractivity (Wildman–Crippen MR) is 211 cm³/mol. The summed E-state index contributed by atoms with van der Waals surface area (Å²) >= 11 is 1.79. The van der Waals surface area contributed by atoms with Gasteiger partial charge in [-0.25, -0.2) is 15.0 Å². The third-order valence-electron chi connectivity index (χ3n) is 9.85. The van der Waals surface area contributed by atoms with Crippen LogP contribution in [0.15, 0.2) is 162 Å². The summed E-state index contributed by atoms with van der Waals surface area (Å²) in [5.41, 5.74) is 7.93. The summed E-state index contributed by atoms with van der Waals surface area (Å²) in [7, 11) is 0. The van der Waals surface area contributed by atoms with Gasteiger partial charge in [0, 0.05) is 64.1 Å². The molecule has 0 saturated heterocycles. The highest BCUT2D eigenvalue weighted by Crippen LogP contribution is 2.41. The van der Waals surface area contributed by atoms with Crippen LogP contribution in [-0.4, -0.2) is 19.5 Å². The number of rotatable bonds is 4. The first-order chi connectivity index (χ1) is 25.3. The van der Waals surface area contributed by atoms with Crippen LogP contribution in [0, 0.1) is 0 Å². The van der Waals surface area contributed by atoms with Gasteiger partial charge in [-0.3, -0.25) is 0 Å². The molecule has 0 aliphatic heterocycles. The lowest BCUT2D eigenvalue weighted by Gasteiger charge is -2.10. The number of thiophene rings is 1. The van der Waals surface area contributed by atoms with E-state index < -0.39 is 0 Å². The quantitative estimate of drug-likeness (QED) is 0.187. The highest BCUT2D eigenvalue weighted by molar-refractivity contribution is 7.25. The Balaban J connectivity index is 1.15. The summed E-state index contributed by atoms with van der Waals surface area (Å²) in [5, 5.41) is 6.80. The summed E-state index contributed by atoms with van der Waals surface area (Å²) in [6, 6.07) is 54.9. The monoisotopic (exact) mass is 670 g/mol. The lowest BCUT2D eigenvalue weighted by Crippen LogP contribution is -2.00. The molecule has 0 unspecified atom stereocenters. The molecule has 0 N–H and O–H groups in total. The molecule has 0 atom stereocenters. The summed E-state index contributed by atoms with van der Waals surface area (Å²) in [5.74, 6) is 1.91. The minimum Gasteiger partial charge on any atom is -0.456 e. The molecule has 238 valence electrons. The lowest BCUT2D eigenvalue weighted by atomic mass is 10.0. The number of furan rings is 1. The van der Waals surface area contributed by atoms with Crippen molar-refractivity contribution in [2.75, 3.05) is 0 Å². The summed E-state index contributed by atoms with van der Waals surface area (Å²) in [6.45, 7) is 0. The van der Waals surface area contributed by atoms with Crippen molar-refractivity contribution in [2.24, 2.45) is 0 Å². The van der Waals surface area contributed by atoms with Gasteiger partial charge in [0.05, 0.1) is 11.0 Å². The first kappa shape index (κ1) is 28.2. The zero-order valence-corrected chi connectivity index (χ0v) is 27.9. The van der Waals surface area contributed by atoms with E-state index in [1.54, 1.807) is 11.3 Å². The number of aromatic nitrogens is 4. The number of fused-ring (bicyclic) bond motifs is 9. The Labute approximate surface area is 295 Å². The maximum atomic E-state index is 6.52. The van der Waals surface area contributed by atoms with Crippen molar-refractivity contribution in [3.8, 4) is 39.9 Å². The van der Waals surface area contributed by atoms with Crippen LogP contribution in [-0.2, 0) is 0 Å². The smallest absolute Gasteiger partial charge is 0.164 e. The standard InChI is InChI=1S/C45H26N4OS/c1-3-12-27(13-4-1)43-46-44(48-45(47-43)32-18-11-21-41-42(32)31-17-8-10-20-40(31)51-41)28-22-23-38-34(24-28)35-25-37-33(26-39(35)50-38)30-16-7-9-19-36(30)49(37)29-14-5-2-6-15-29/h1-26H. The van der Waals surface area contributed by atoms with Gasteiger partial charge in [-0.15, -0.1) is 11.3 Å². The van der Waals surface area contributed by atoms with Gasteiger partial charge in [0.15, 0.2) is 17.5 Å². The van der Waals surface area contributed by atoms with E-state index in [4.69, 9.17) is 19.4 Å². The normalized spacial score (nSPS) is 11.9. The van der Waals surface area contributed by atoms with Crippen molar-refractivity contribution < 1.29 is 4.42 Å². The molecular formula is C45H26N4OS. The third kappa shape index (κ3) is 4.37. The number of benzene rings is 7. The second-order valence-electron chi connectivity index (χ2n) is 12.8. The van der Waals surface area contributed by atoms with Gasteiger partial charge in [-0.1, -0.05) is 97.1 Å². The summed E-state index contributed by atoms with van der Waals surface area (Å²) < 4.78 is 11.3.